The van der Waals surface area contributed by atoms with Gasteiger partial charge in [0, 0.05) is 42.2 Å². The number of halogens is 1. The van der Waals surface area contributed by atoms with Gasteiger partial charge in [0.1, 0.15) is 11.3 Å². The second-order valence-corrected chi connectivity index (χ2v) is 9.83. The van der Waals surface area contributed by atoms with Crippen molar-refractivity contribution in [3.05, 3.63) is 112 Å². The summed E-state index contributed by atoms with van der Waals surface area (Å²) < 4.78 is 26.0. The molecule has 0 aliphatic carbocycles. The average molecular weight is 538 g/mol. The number of hydrogen-bond acceptors (Lipinski definition) is 6. The summed E-state index contributed by atoms with van der Waals surface area (Å²) in [6.45, 7) is 6.00. The lowest BCUT2D eigenvalue weighted by atomic mass is 9.95. The number of ketones is 1. The number of aromatic amines is 1. The Morgan fingerprint density at radius 3 is 2.50 bits per heavy atom. The van der Waals surface area contributed by atoms with Crippen LogP contribution >= 0.6 is 0 Å². The number of aryl methyl sites for hydroxylation is 1. The lowest BCUT2D eigenvalue weighted by Crippen LogP contribution is -2.20. The van der Waals surface area contributed by atoms with E-state index in [1.807, 2.05) is 24.3 Å². The molecule has 0 fully saturated rings. The molecule has 7 nitrogen and oxygen atoms in total. The number of rotatable bonds is 8. The van der Waals surface area contributed by atoms with Crippen LogP contribution in [0.5, 0.6) is 17.2 Å². The van der Waals surface area contributed by atoms with Gasteiger partial charge in [0.2, 0.25) is 0 Å². The normalized spacial score (nSPS) is 11.2. The zero-order valence-corrected chi connectivity index (χ0v) is 22.6. The monoisotopic (exact) mass is 537 g/mol. The van der Waals surface area contributed by atoms with E-state index in [0.717, 1.165) is 11.1 Å². The molecule has 2 aromatic carbocycles. The number of Topliss-reactive ketones (excluding diaryl/α,β-unsaturated/α-hetero) is 1. The minimum Gasteiger partial charge on any atom is -0.495 e. The second kappa shape index (κ2) is 11.1. The van der Waals surface area contributed by atoms with E-state index in [1.165, 1.54) is 37.8 Å². The summed E-state index contributed by atoms with van der Waals surface area (Å²) in [6.07, 6.45) is 4.35. The van der Waals surface area contributed by atoms with Gasteiger partial charge in [-0.25, -0.2) is 9.37 Å². The third-order valence-electron chi connectivity index (χ3n) is 6.78. The maximum atomic E-state index is 15.1. The maximum absolute atomic E-state index is 15.1. The Kier molecular flexibility index (Phi) is 7.42. The topological polar surface area (TPSA) is 94.2 Å². The molecule has 0 amide bonds. The van der Waals surface area contributed by atoms with Crippen LogP contribution in [0.4, 0.5) is 4.39 Å². The van der Waals surface area contributed by atoms with Crippen LogP contribution in [0.1, 0.15) is 46.9 Å². The molecular formula is C32H28FN3O4. The zero-order valence-electron chi connectivity index (χ0n) is 22.6. The molecule has 0 aliphatic heterocycles. The van der Waals surface area contributed by atoms with Crippen LogP contribution in [0.2, 0.25) is 0 Å². The molecule has 0 spiro atoms. The predicted octanol–water partition coefficient (Wildman–Crippen LogP) is 6.78. The standard InChI is InChI=1S/C32H28FN3O4/c1-18(2)21-6-8-22(9-7-21)30-19(3)35-17-24(32(30)38)27(37)14-20-5-10-28(25(33)13-20)40-29-11-12-34-26-15-23(39-4)16-36-31(26)29/h5-13,15-18H,14H2,1-4H3,(H,35,38). The molecule has 0 radical (unpaired) electrons. The number of carbonyl (C=O) groups excluding carboxylic acids is 1. The molecule has 1 N–H and O–H groups in total. The fraction of sp³-hybridized carbons (Fsp3) is 0.188. The Morgan fingerprint density at radius 1 is 1.02 bits per heavy atom. The first kappa shape index (κ1) is 26.7. The summed E-state index contributed by atoms with van der Waals surface area (Å²) in [5.74, 6) is 0.154. The van der Waals surface area contributed by atoms with Crippen LogP contribution in [0.25, 0.3) is 22.2 Å². The van der Waals surface area contributed by atoms with Crippen LogP contribution in [-0.4, -0.2) is 27.8 Å². The summed E-state index contributed by atoms with van der Waals surface area (Å²) in [5.41, 5.74) is 4.10. The van der Waals surface area contributed by atoms with Crippen molar-refractivity contribution >= 4 is 16.8 Å². The van der Waals surface area contributed by atoms with Crippen LogP contribution in [0, 0.1) is 12.7 Å². The van der Waals surface area contributed by atoms with Crippen LogP contribution in [-0.2, 0) is 6.42 Å². The Hall–Kier alpha value is -4.85. The van der Waals surface area contributed by atoms with Gasteiger partial charge in [-0.2, -0.15) is 0 Å². The van der Waals surface area contributed by atoms with E-state index in [1.54, 1.807) is 25.1 Å². The molecule has 3 heterocycles. The van der Waals surface area contributed by atoms with Gasteiger partial charge in [-0.05, 0) is 41.7 Å². The van der Waals surface area contributed by atoms with Crippen molar-refractivity contribution in [3.63, 3.8) is 0 Å². The highest BCUT2D eigenvalue weighted by Crippen LogP contribution is 2.31. The number of pyridine rings is 3. The number of nitrogens with zero attached hydrogens (tertiary/aromatic N) is 2. The molecule has 40 heavy (non-hydrogen) atoms. The summed E-state index contributed by atoms with van der Waals surface area (Å²) in [5, 5.41) is 0. The largest absolute Gasteiger partial charge is 0.495 e. The predicted molar refractivity (Wildman–Crippen MR) is 152 cm³/mol. The van der Waals surface area contributed by atoms with E-state index in [-0.39, 0.29) is 23.2 Å². The van der Waals surface area contributed by atoms with Crippen molar-refractivity contribution in [2.75, 3.05) is 7.11 Å². The Bertz CT molecular complexity index is 1780. The smallest absolute Gasteiger partial charge is 0.200 e. The SMILES string of the molecule is COc1cnc2c(Oc3ccc(CC(=O)c4c[nH]c(C)c(-c5ccc(C(C)C)cc5)c4=O)cc3F)ccnc2c1. The molecule has 0 saturated heterocycles. The van der Waals surface area contributed by atoms with Crippen LogP contribution in [0.3, 0.4) is 0 Å². The number of nitrogens with one attached hydrogen (secondary N) is 1. The van der Waals surface area contributed by atoms with Crippen molar-refractivity contribution in [2.45, 2.75) is 33.1 Å². The Labute approximate surface area is 230 Å². The fourth-order valence-corrected chi connectivity index (χ4v) is 4.53. The highest BCUT2D eigenvalue weighted by Gasteiger charge is 2.18. The number of benzene rings is 2. The van der Waals surface area contributed by atoms with E-state index in [4.69, 9.17) is 9.47 Å². The Morgan fingerprint density at radius 2 is 1.80 bits per heavy atom. The molecule has 0 saturated carbocycles. The van der Waals surface area contributed by atoms with Gasteiger partial charge in [-0.1, -0.05) is 44.2 Å². The van der Waals surface area contributed by atoms with Gasteiger partial charge in [-0.15, -0.1) is 0 Å². The fourth-order valence-electron chi connectivity index (χ4n) is 4.53. The summed E-state index contributed by atoms with van der Waals surface area (Å²) >= 11 is 0. The summed E-state index contributed by atoms with van der Waals surface area (Å²) in [4.78, 5) is 38.1. The summed E-state index contributed by atoms with van der Waals surface area (Å²) in [7, 11) is 1.53. The molecule has 5 aromatic rings. The molecular weight excluding hydrogens is 509 g/mol. The van der Waals surface area contributed by atoms with Crippen LogP contribution < -0.4 is 14.9 Å². The number of H-pyrrole nitrogens is 1. The van der Waals surface area contributed by atoms with Gasteiger partial charge in [0.05, 0.1) is 24.4 Å². The highest BCUT2D eigenvalue weighted by molar-refractivity contribution is 5.98. The number of methoxy groups -OCH3 is 1. The van der Waals surface area contributed by atoms with Gasteiger partial charge in [-0.3, -0.25) is 14.6 Å². The van der Waals surface area contributed by atoms with Gasteiger partial charge >= 0.3 is 0 Å². The lowest BCUT2D eigenvalue weighted by Gasteiger charge is -2.11. The minimum atomic E-state index is -0.646. The first-order valence-corrected chi connectivity index (χ1v) is 12.9. The maximum Gasteiger partial charge on any atom is 0.200 e. The Balaban J connectivity index is 1.37. The average Bonchev–Trinajstić information content (AvgIpc) is 2.94. The van der Waals surface area contributed by atoms with Crippen molar-refractivity contribution in [3.8, 4) is 28.4 Å². The number of ether oxygens (including phenoxy) is 2. The quantitative estimate of drug-likeness (QED) is 0.219. The van der Waals surface area contributed by atoms with Crippen molar-refractivity contribution in [1.29, 1.82) is 0 Å². The van der Waals surface area contributed by atoms with Crippen molar-refractivity contribution < 1.29 is 18.7 Å². The third-order valence-corrected chi connectivity index (χ3v) is 6.78. The molecule has 8 heteroatoms. The first-order chi connectivity index (χ1) is 19.2. The molecule has 3 aromatic heterocycles. The second-order valence-electron chi connectivity index (χ2n) is 9.83. The summed E-state index contributed by atoms with van der Waals surface area (Å²) in [6, 6.07) is 15.4. The molecule has 202 valence electrons. The minimum absolute atomic E-state index is 0.0263. The molecule has 0 bridgehead atoms. The van der Waals surface area contributed by atoms with Gasteiger partial charge < -0.3 is 14.5 Å². The van der Waals surface area contributed by atoms with Crippen LogP contribution in [0.15, 0.2) is 78.0 Å². The highest BCUT2D eigenvalue weighted by atomic mass is 19.1. The number of carbonyl (C=O) groups is 1. The molecule has 0 atom stereocenters. The molecule has 0 unspecified atom stereocenters. The van der Waals surface area contributed by atoms with E-state index in [9.17, 15) is 9.59 Å². The molecule has 5 rings (SSSR count). The number of aromatic nitrogens is 3. The third kappa shape index (κ3) is 5.33. The van der Waals surface area contributed by atoms with E-state index in [0.29, 0.717) is 45.3 Å². The number of hydrogen-bond donors (Lipinski definition) is 1. The van der Waals surface area contributed by atoms with Gasteiger partial charge in [0.25, 0.3) is 0 Å². The van der Waals surface area contributed by atoms with E-state index >= 15 is 4.39 Å². The lowest BCUT2D eigenvalue weighted by molar-refractivity contribution is 0.0991. The van der Waals surface area contributed by atoms with Crippen molar-refractivity contribution in [1.82, 2.24) is 15.0 Å². The van der Waals surface area contributed by atoms with E-state index in [2.05, 4.69) is 28.8 Å². The number of fused-ring (bicyclic) bond motifs is 1. The zero-order chi connectivity index (χ0) is 28.4. The first-order valence-electron chi connectivity index (χ1n) is 12.9. The molecule has 0 aliphatic rings. The van der Waals surface area contributed by atoms with Crippen molar-refractivity contribution in [2.24, 2.45) is 0 Å². The van der Waals surface area contributed by atoms with Gasteiger partial charge in [0.15, 0.2) is 28.5 Å². The van der Waals surface area contributed by atoms with E-state index < -0.39 is 11.6 Å².